The summed E-state index contributed by atoms with van der Waals surface area (Å²) in [6.45, 7) is 2.69. The molecule has 0 aliphatic heterocycles. The van der Waals surface area contributed by atoms with Gasteiger partial charge in [-0.25, -0.2) is 0 Å². The molecule has 4 nitrogen and oxygen atoms in total. The van der Waals surface area contributed by atoms with Crippen LogP contribution >= 0.6 is 34.8 Å². The van der Waals surface area contributed by atoms with Crippen molar-refractivity contribution in [2.24, 2.45) is 0 Å². The third kappa shape index (κ3) is 3.60. The van der Waals surface area contributed by atoms with Gasteiger partial charge in [-0.1, -0.05) is 46.0 Å². The summed E-state index contributed by atoms with van der Waals surface area (Å²) >= 11 is 18.1. The van der Waals surface area contributed by atoms with Crippen LogP contribution in [0, 0.1) is 0 Å². The molecule has 0 saturated carbocycles. The summed E-state index contributed by atoms with van der Waals surface area (Å²) in [5.74, 6) is 0.597. The molecular weight excluding hydrogens is 309 g/mol. The fourth-order valence-electron chi connectivity index (χ4n) is 1.69. The van der Waals surface area contributed by atoms with Crippen molar-refractivity contribution < 1.29 is 4.52 Å². The Morgan fingerprint density at radius 2 is 2.05 bits per heavy atom. The summed E-state index contributed by atoms with van der Waals surface area (Å²) in [7, 11) is 0. The quantitative estimate of drug-likeness (QED) is 0.848. The summed E-state index contributed by atoms with van der Waals surface area (Å²) in [6, 6.07) is 3.65. The summed E-state index contributed by atoms with van der Waals surface area (Å²) < 4.78 is 4.91. The van der Waals surface area contributed by atoms with Crippen LogP contribution in [0.2, 0.25) is 15.1 Å². The van der Waals surface area contributed by atoms with Gasteiger partial charge in [-0.2, -0.15) is 4.98 Å². The zero-order chi connectivity index (χ0) is 13.8. The first-order valence-electron chi connectivity index (χ1n) is 5.72. The van der Waals surface area contributed by atoms with Gasteiger partial charge in [0.05, 0.1) is 15.1 Å². The highest BCUT2D eigenvalue weighted by atomic mass is 35.5. The molecule has 2 aromatic rings. The van der Waals surface area contributed by atoms with E-state index in [0.717, 1.165) is 5.56 Å². The van der Waals surface area contributed by atoms with Crippen LogP contribution in [-0.4, -0.2) is 16.7 Å². The third-order valence-corrected chi connectivity index (χ3v) is 4.04. The minimum atomic E-state index is 0.0465. The molecule has 102 valence electrons. The highest BCUT2D eigenvalue weighted by Crippen LogP contribution is 2.35. The Bertz CT molecular complexity index is 545. The molecule has 0 spiro atoms. The van der Waals surface area contributed by atoms with E-state index < -0.39 is 0 Å². The number of hydrogen-bond acceptors (Lipinski definition) is 4. The third-order valence-electron chi connectivity index (χ3n) is 2.73. The van der Waals surface area contributed by atoms with Crippen molar-refractivity contribution >= 4 is 34.8 Å². The smallest absolute Gasteiger partial charge is 0.227 e. The van der Waals surface area contributed by atoms with E-state index >= 15 is 0 Å². The van der Waals surface area contributed by atoms with Gasteiger partial charge in [0.25, 0.3) is 0 Å². The first kappa shape index (κ1) is 14.6. The van der Waals surface area contributed by atoms with E-state index in [1.54, 1.807) is 6.07 Å². The van der Waals surface area contributed by atoms with Crippen LogP contribution in [0.5, 0.6) is 0 Å². The predicted octanol–water partition coefficient (Wildman–Crippen LogP) is 3.92. The molecule has 0 bridgehead atoms. The van der Waals surface area contributed by atoms with E-state index in [2.05, 4.69) is 15.5 Å². The van der Waals surface area contributed by atoms with Gasteiger partial charge in [0.1, 0.15) is 0 Å². The standard InChI is InChI=1S/C12H12Cl3N3O/c1-7(16-5-4-10-17-6-18-19-10)8-2-3-9(13)12(15)11(8)14/h2-3,6-7,16H,4-5H2,1H3. The molecule has 0 amide bonds. The molecule has 2 rings (SSSR count). The second-order valence-electron chi connectivity index (χ2n) is 4.03. The summed E-state index contributed by atoms with van der Waals surface area (Å²) in [5.41, 5.74) is 0.904. The Morgan fingerprint density at radius 1 is 1.26 bits per heavy atom. The maximum Gasteiger partial charge on any atom is 0.227 e. The average molecular weight is 321 g/mol. The second-order valence-corrected chi connectivity index (χ2v) is 5.19. The van der Waals surface area contributed by atoms with Crippen molar-refractivity contribution in [2.75, 3.05) is 6.54 Å². The molecule has 0 fully saturated rings. The Labute approximate surface area is 126 Å². The minimum absolute atomic E-state index is 0.0465. The van der Waals surface area contributed by atoms with Gasteiger partial charge in [-0.3, -0.25) is 0 Å². The monoisotopic (exact) mass is 319 g/mol. The molecule has 0 aliphatic carbocycles. The van der Waals surface area contributed by atoms with Gasteiger partial charge < -0.3 is 9.84 Å². The van der Waals surface area contributed by atoms with Crippen molar-refractivity contribution in [3.8, 4) is 0 Å². The zero-order valence-corrected chi connectivity index (χ0v) is 12.4. The van der Waals surface area contributed by atoms with Crippen molar-refractivity contribution in [2.45, 2.75) is 19.4 Å². The van der Waals surface area contributed by atoms with E-state index in [4.69, 9.17) is 39.3 Å². The predicted molar refractivity (Wildman–Crippen MR) is 75.9 cm³/mol. The topological polar surface area (TPSA) is 51.0 Å². The number of nitrogens with zero attached hydrogens (tertiary/aromatic N) is 2. The fourth-order valence-corrected chi connectivity index (χ4v) is 2.39. The van der Waals surface area contributed by atoms with Crippen LogP contribution in [0.4, 0.5) is 0 Å². The van der Waals surface area contributed by atoms with E-state index in [0.29, 0.717) is 33.9 Å². The molecule has 1 atom stereocenters. The molecule has 7 heteroatoms. The van der Waals surface area contributed by atoms with Crippen LogP contribution in [-0.2, 0) is 6.42 Å². The van der Waals surface area contributed by atoms with Gasteiger partial charge >= 0.3 is 0 Å². The van der Waals surface area contributed by atoms with Gasteiger partial charge in [-0.15, -0.1) is 0 Å². The maximum atomic E-state index is 6.17. The largest absolute Gasteiger partial charge is 0.340 e. The normalized spacial score (nSPS) is 12.6. The molecule has 1 N–H and O–H groups in total. The van der Waals surface area contributed by atoms with E-state index in [9.17, 15) is 0 Å². The number of halogens is 3. The Morgan fingerprint density at radius 3 is 2.74 bits per heavy atom. The lowest BCUT2D eigenvalue weighted by Gasteiger charge is -2.16. The summed E-state index contributed by atoms with van der Waals surface area (Å²) in [5, 5.41) is 8.17. The maximum absolute atomic E-state index is 6.17. The Balaban J connectivity index is 1.96. The zero-order valence-electron chi connectivity index (χ0n) is 10.2. The molecule has 1 unspecified atom stereocenters. The van der Waals surface area contributed by atoms with Crippen molar-refractivity contribution in [3.63, 3.8) is 0 Å². The number of benzene rings is 1. The van der Waals surface area contributed by atoms with Crippen LogP contribution < -0.4 is 5.32 Å². The Kier molecular flexibility index (Phi) is 5.05. The van der Waals surface area contributed by atoms with Gasteiger partial charge in [0.15, 0.2) is 6.33 Å². The van der Waals surface area contributed by atoms with E-state index in [1.165, 1.54) is 6.33 Å². The molecule has 0 saturated heterocycles. The highest BCUT2D eigenvalue weighted by molar-refractivity contribution is 6.48. The second kappa shape index (κ2) is 6.57. The number of nitrogens with one attached hydrogen (secondary N) is 1. The van der Waals surface area contributed by atoms with Crippen LogP contribution in [0.1, 0.15) is 24.4 Å². The molecule has 19 heavy (non-hydrogen) atoms. The van der Waals surface area contributed by atoms with Crippen molar-refractivity contribution in [1.29, 1.82) is 0 Å². The van der Waals surface area contributed by atoms with E-state index in [1.807, 2.05) is 13.0 Å². The molecule has 1 aromatic carbocycles. The lowest BCUT2D eigenvalue weighted by Crippen LogP contribution is -2.21. The number of aromatic nitrogens is 2. The lowest BCUT2D eigenvalue weighted by molar-refractivity contribution is 0.372. The number of rotatable bonds is 5. The first-order valence-corrected chi connectivity index (χ1v) is 6.85. The molecule has 1 heterocycles. The molecular formula is C12H12Cl3N3O. The van der Waals surface area contributed by atoms with Gasteiger partial charge in [0, 0.05) is 19.0 Å². The van der Waals surface area contributed by atoms with Crippen LogP contribution in [0.15, 0.2) is 23.0 Å². The lowest BCUT2D eigenvalue weighted by atomic mass is 10.1. The Hall–Kier alpha value is -0.810. The van der Waals surface area contributed by atoms with Crippen LogP contribution in [0.3, 0.4) is 0 Å². The van der Waals surface area contributed by atoms with Crippen LogP contribution in [0.25, 0.3) is 0 Å². The highest BCUT2D eigenvalue weighted by Gasteiger charge is 2.14. The molecule has 1 aromatic heterocycles. The number of hydrogen-bond donors (Lipinski definition) is 1. The molecule has 0 aliphatic rings. The minimum Gasteiger partial charge on any atom is -0.340 e. The van der Waals surface area contributed by atoms with Crippen molar-refractivity contribution in [3.05, 3.63) is 45.0 Å². The van der Waals surface area contributed by atoms with Crippen molar-refractivity contribution in [1.82, 2.24) is 15.5 Å². The summed E-state index contributed by atoms with van der Waals surface area (Å²) in [4.78, 5) is 3.95. The average Bonchev–Trinajstić information content (AvgIpc) is 2.89. The van der Waals surface area contributed by atoms with E-state index in [-0.39, 0.29) is 6.04 Å². The van der Waals surface area contributed by atoms with Gasteiger partial charge in [0.2, 0.25) is 5.89 Å². The molecule has 0 radical (unpaired) electrons. The first-order chi connectivity index (χ1) is 9.09. The summed E-state index contributed by atoms with van der Waals surface area (Å²) in [6.07, 6.45) is 2.04. The van der Waals surface area contributed by atoms with Gasteiger partial charge in [-0.05, 0) is 18.6 Å². The fraction of sp³-hybridized carbons (Fsp3) is 0.333. The SMILES string of the molecule is CC(NCCc1ncno1)c1ccc(Cl)c(Cl)c1Cl.